The molecule has 1 saturated carbocycles. The van der Waals surface area contributed by atoms with E-state index in [2.05, 4.69) is 22.0 Å². The molecule has 0 unspecified atom stereocenters. The highest BCUT2D eigenvalue weighted by Crippen LogP contribution is 2.34. The summed E-state index contributed by atoms with van der Waals surface area (Å²) in [7, 11) is 0. The maximum absolute atomic E-state index is 13.2. The second-order valence-electron chi connectivity index (χ2n) is 7.89. The van der Waals surface area contributed by atoms with Crippen molar-refractivity contribution < 1.29 is 9.32 Å². The van der Waals surface area contributed by atoms with E-state index in [4.69, 9.17) is 4.52 Å². The summed E-state index contributed by atoms with van der Waals surface area (Å²) in [6, 6.07) is 10.3. The van der Waals surface area contributed by atoms with Crippen LogP contribution in [0.2, 0.25) is 0 Å². The van der Waals surface area contributed by atoms with Gasteiger partial charge in [-0.3, -0.25) is 9.78 Å². The molecule has 31 heavy (non-hydrogen) atoms. The van der Waals surface area contributed by atoms with Gasteiger partial charge >= 0.3 is 0 Å². The number of hydrogen-bond acceptors (Lipinski definition) is 6. The minimum atomic E-state index is 0.0749. The molecule has 158 valence electrons. The van der Waals surface area contributed by atoms with E-state index in [1.54, 1.807) is 18.6 Å². The Balaban J connectivity index is 1.42. The van der Waals surface area contributed by atoms with Crippen LogP contribution in [-0.2, 0) is 0 Å². The Morgan fingerprint density at radius 2 is 1.94 bits per heavy atom. The average Bonchev–Trinajstić information content (AvgIpc) is 3.47. The van der Waals surface area contributed by atoms with Crippen molar-refractivity contribution in [2.75, 3.05) is 6.54 Å². The van der Waals surface area contributed by atoms with Crippen LogP contribution in [0.25, 0.3) is 32.8 Å². The van der Waals surface area contributed by atoms with Crippen LogP contribution in [0.4, 0.5) is 0 Å². The number of thiazole rings is 1. The SMILES string of the molecule is CCN(C(=O)c1cnc(-c2noc3cc(-c4ccncc4)ccc23)s1)C1CCCCC1. The number of hydrogen-bond donors (Lipinski definition) is 0. The Bertz CT molecular complexity index is 1190. The number of pyridine rings is 1. The Hall–Kier alpha value is -3.06. The van der Waals surface area contributed by atoms with Gasteiger partial charge in [0.05, 0.1) is 11.6 Å². The van der Waals surface area contributed by atoms with Gasteiger partial charge in [0.15, 0.2) is 5.58 Å². The summed E-state index contributed by atoms with van der Waals surface area (Å²) in [5.41, 5.74) is 3.49. The Kier molecular flexibility index (Phi) is 5.51. The van der Waals surface area contributed by atoms with Gasteiger partial charge in [-0.05, 0) is 55.2 Å². The highest BCUT2D eigenvalue weighted by atomic mass is 32.1. The van der Waals surface area contributed by atoms with Gasteiger partial charge in [0.25, 0.3) is 5.91 Å². The maximum atomic E-state index is 13.2. The van der Waals surface area contributed by atoms with Crippen LogP contribution in [0.5, 0.6) is 0 Å². The quantitative estimate of drug-likeness (QED) is 0.398. The molecule has 1 amide bonds. The first-order valence-corrected chi connectivity index (χ1v) is 11.6. The van der Waals surface area contributed by atoms with E-state index in [1.807, 2.05) is 35.2 Å². The predicted molar refractivity (Wildman–Crippen MR) is 122 cm³/mol. The molecule has 0 saturated heterocycles. The highest BCUT2D eigenvalue weighted by Gasteiger charge is 2.27. The first-order chi connectivity index (χ1) is 15.2. The van der Waals surface area contributed by atoms with Crippen molar-refractivity contribution in [3.05, 3.63) is 53.8 Å². The minimum absolute atomic E-state index is 0.0749. The highest BCUT2D eigenvalue weighted by molar-refractivity contribution is 7.17. The standard InChI is InChI=1S/C24H24N4O2S/c1-2-28(18-6-4-3-5-7-18)24(29)21-15-26-23(31-21)22-19-9-8-17(14-20(19)30-27-22)16-10-12-25-13-11-16/h8-15,18H,2-7H2,1H3. The number of amides is 1. The topological polar surface area (TPSA) is 72.1 Å². The zero-order valence-corrected chi connectivity index (χ0v) is 18.3. The van der Waals surface area contributed by atoms with Crippen molar-refractivity contribution in [1.82, 2.24) is 20.0 Å². The molecule has 6 nitrogen and oxygen atoms in total. The van der Waals surface area contributed by atoms with Crippen LogP contribution >= 0.6 is 11.3 Å². The van der Waals surface area contributed by atoms with Crippen molar-refractivity contribution in [2.24, 2.45) is 0 Å². The van der Waals surface area contributed by atoms with Crippen LogP contribution in [0.3, 0.4) is 0 Å². The van der Waals surface area contributed by atoms with E-state index < -0.39 is 0 Å². The Morgan fingerprint density at radius 1 is 1.13 bits per heavy atom. The van der Waals surface area contributed by atoms with Gasteiger partial charge in [-0.1, -0.05) is 30.5 Å². The van der Waals surface area contributed by atoms with E-state index in [-0.39, 0.29) is 5.91 Å². The number of carbonyl (C=O) groups is 1. The Labute approximate surface area is 184 Å². The van der Waals surface area contributed by atoms with E-state index in [9.17, 15) is 4.79 Å². The first-order valence-electron chi connectivity index (χ1n) is 10.8. The van der Waals surface area contributed by atoms with Crippen molar-refractivity contribution in [1.29, 1.82) is 0 Å². The van der Waals surface area contributed by atoms with Gasteiger partial charge in [-0.2, -0.15) is 0 Å². The molecule has 0 atom stereocenters. The Morgan fingerprint density at radius 3 is 2.71 bits per heavy atom. The number of benzene rings is 1. The fraction of sp³-hybridized carbons (Fsp3) is 0.333. The van der Waals surface area contributed by atoms with E-state index in [0.717, 1.165) is 35.9 Å². The van der Waals surface area contributed by atoms with Gasteiger partial charge in [0.1, 0.15) is 15.6 Å². The third kappa shape index (κ3) is 3.85. The number of aromatic nitrogens is 3. The van der Waals surface area contributed by atoms with Gasteiger partial charge < -0.3 is 9.42 Å². The molecule has 1 fully saturated rings. The second kappa shape index (κ2) is 8.59. The molecular weight excluding hydrogens is 408 g/mol. The third-order valence-electron chi connectivity index (χ3n) is 6.02. The van der Waals surface area contributed by atoms with Gasteiger partial charge in [-0.25, -0.2) is 4.98 Å². The molecular formula is C24H24N4O2S. The van der Waals surface area contributed by atoms with Crippen LogP contribution in [0.1, 0.15) is 48.7 Å². The number of rotatable bonds is 5. The summed E-state index contributed by atoms with van der Waals surface area (Å²) >= 11 is 1.39. The second-order valence-corrected chi connectivity index (χ2v) is 8.92. The smallest absolute Gasteiger partial charge is 0.265 e. The fourth-order valence-electron chi connectivity index (χ4n) is 4.40. The van der Waals surface area contributed by atoms with Crippen molar-refractivity contribution >= 4 is 28.2 Å². The molecule has 4 aromatic rings. The van der Waals surface area contributed by atoms with Gasteiger partial charge in [0, 0.05) is 25.0 Å². The van der Waals surface area contributed by atoms with E-state index in [0.29, 0.717) is 27.2 Å². The van der Waals surface area contributed by atoms with Crippen LogP contribution < -0.4 is 0 Å². The van der Waals surface area contributed by atoms with Gasteiger partial charge in [0.2, 0.25) is 0 Å². The summed E-state index contributed by atoms with van der Waals surface area (Å²) in [6.45, 7) is 2.78. The molecule has 1 aliphatic rings. The minimum Gasteiger partial charge on any atom is -0.356 e. The first kappa shape index (κ1) is 19.9. The lowest BCUT2D eigenvalue weighted by Gasteiger charge is -2.33. The lowest BCUT2D eigenvalue weighted by atomic mass is 9.94. The monoisotopic (exact) mass is 432 g/mol. The molecule has 5 rings (SSSR count). The normalized spacial score (nSPS) is 14.7. The fourth-order valence-corrected chi connectivity index (χ4v) is 5.27. The largest absolute Gasteiger partial charge is 0.356 e. The van der Waals surface area contributed by atoms with Crippen molar-refractivity contribution in [2.45, 2.75) is 45.1 Å². The predicted octanol–water partition coefficient (Wildman–Crippen LogP) is 5.81. The number of fused-ring (bicyclic) bond motifs is 1. The molecule has 0 radical (unpaired) electrons. The molecule has 1 aromatic carbocycles. The van der Waals surface area contributed by atoms with Crippen molar-refractivity contribution in [3.8, 4) is 21.8 Å². The molecule has 0 spiro atoms. The molecule has 3 aromatic heterocycles. The molecule has 0 N–H and O–H groups in total. The molecule has 0 aliphatic heterocycles. The number of carbonyl (C=O) groups excluding carboxylic acids is 1. The zero-order chi connectivity index (χ0) is 21.2. The molecule has 1 aliphatic carbocycles. The van der Waals surface area contributed by atoms with Gasteiger partial charge in [-0.15, -0.1) is 11.3 Å². The van der Waals surface area contributed by atoms with E-state index >= 15 is 0 Å². The van der Waals surface area contributed by atoms with Crippen LogP contribution in [-0.4, -0.2) is 38.5 Å². The lowest BCUT2D eigenvalue weighted by molar-refractivity contribution is 0.0652. The summed E-state index contributed by atoms with van der Waals surface area (Å²) in [4.78, 5) is 24.4. The average molecular weight is 433 g/mol. The maximum Gasteiger partial charge on any atom is 0.265 e. The van der Waals surface area contributed by atoms with Crippen LogP contribution in [0.15, 0.2) is 53.4 Å². The summed E-state index contributed by atoms with van der Waals surface area (Å²) in [5.74, 6) is 0.0749. The summed E-state index contributed by atoms with van der Waals surface area (Å²) in [5, 5.41) is 5.86. The molecule has 3 heterocycles. The molecule has 0 bridgehead atoms. The summed E-state index contributed by atoms with van der Waals surface area (Å²) in [6.07, 6.45) is 11.1. The third-order valence-corrected chi connectivity index (χ3v) is 7.01. The zero-order valence-electron chi connectivity index (χ0n) is 17.5. The molecule has 7 heteroatoms. The number of nitrogens with zero attached hydrogens (tertiary/aromatic N) is 4. The van der Waals surface area contributed by atoms with Crippen LogP contribution in [0, 0.1) is 0 Å². The summed E-state index contributed by atoms with van der Waals surface area (Å²) < 4.78 is 5.60. The van der Waals surface area contributed by atoms with E-state index in [1.165, 1.54) is 30.6 Å². The van der Waals surface area contributed by atoms with Crippen molar-refractivity contribution in [3.63, 3.8) is 0 Å². The lowest BCUT2D eigenvalue weighted by Crippen LogP contribution is -2.41.